The van der Waals surface area contributed by atoms with Crippen LogP contribution in [0.15, 0.2) is 51.8 Å². The van der Waals surface area contributed by atoms with E-state index in [-0.39, 0.29) is 33.3 Å². The fourth-order valence-corrected chi connectivity index (χ4v) is 3.00. The highest BCUT2D eigenvalue weighted by Crippen LogP contribution is 2.26. The molecular formula is C21H14F5N5O5. The summed E-state index contributed by atoms with van der Waals surface area (Å²) in [6.07, 6.45) is -4.52. The smallest absolute Gasteiger partial charge is 0.493 e. The molecule has 4 aromatic rings. The zero-order valence-corrected chi connectivity index (χ0v) is 18.0. The van der Waals surface area contributed by atoms with Crippen molar-refractivity contribution in [3.63, 3.8) is 0 Å². The quantitative estimate of drug-likeness (QED) is 0.355. The summed E-state index contributed by atoms with van der Waals surface area (Å²) in [6.45, 7) is -0.761. The Bertz CT molecular complexity index is 1480. The zero-order chi connectivity index (χ0) is 26.0. The Balaban J connectivity index is 1.62. The molecule has 0 aliphatic heterocycles. The van der Waals surface area contributed by atoms with E-state index in [1.54, 1.807) is 0 Å². The van der Waals surface area contributed by atoms with Crippen molar-refractivity contribution in [3.05, 3.63) is 64.5 Å². The fraction of sp³-hybridized carbons (Fsp3) is 0.143. The lowest BCUT2D eigenvalue weighted by Gasteiger charge is -2.11. The normalized spacial score (nSPS) is 11.4. The van der Waals surface area contributed by atoms with E-state index in [0.29, 0.717) is 17.0 Å². The van der Waals surface area contributed by atoms with E-state index in [0.717, 1.165) is 12.3 Å². The van der Waals surface area contributed by atoms with E-state index in [9.17, 15) is 31.5 Å². The van der Waals surface area contributed by atoms with Crippen LogP contribution >= 0.6 is 0 Å². The second kappa shape index (κ2) is 9.52. The molecule has 10 nitrogen and oxygen atoms in total. The van der Waals surface area contributed by atoms with Gasteiger partial charge in [-0.25, -0.2) is 23.4 Å². The Morgan fingerprint density at radius 3 is 2.61 bits per heavy atom. The number of benzene rings is 2. The molecule has 188 valence electrons. The van der Waals surface area contributed by atoms with Crippen LogP contribution in [-0.4, -0.2) is 34.0 Å². The zero-order valence-electron chi connectivity index (χ0n) is 18.0. The number of hydrogen-bond donors (Lipinski definition) is 2. The van der Waals surface area contributed by atoms with Crippen LogP contribution in [0.25, 0.3) is 11.1 Å². The summed E-state index contributed by atoms with van der Waals surface area (Å²) in [4.78, 5) is 34.9. The summed E-state index contributed by atoms with van der Waals surface area (Å²) in [7, 11) is 1.40. The molecule has 2 aromatic heterocycles. The summed E-state index contributed by atoms with van der Waals surface area (Å²) in [5, 5.41) is 5.37. The van der Waals surface area contributed by atoms with Crippen LogP contribution < -0.4 is 26.0 Å². The molecule has 0 aliphatic carbocycles. The first-order valence-electron chi connectivity index (χ1n) is 9.83. The van der Waals surface area contributed by atoms with Crippen molar-refractivity contribution in [2.75, 3.05) is 17.7 Å². The maximum absolute atomic E-state index is 14.4. The number of halogens is 5. The molecule has 36 heavy (non-hydrogen) atoms. The highest BCUT2D eigenvalue weighted by Gasteiger charge is 2.42. The van der Waals surface area contributed by atoms with E-state index in [4.69, 9.17) is 9.15 Å². The number of nitrogens with one attached hydrogen (secondary N) is 2. The number of nitrogens with zero attached hydrogens (tertiary/aromatic N) is 3. The summed E-state index contributed by atoms with van der Waals surface area (Å²) in [5.74, 6) is -5.01. The number of alkyl halides is 4. The Morgan fingerprint density at radius 1 is 1.14 bits per heavy atom. The maximum Gasteiger partial charge on any atom is 0.493 e. The van der Waals surface area contributed by atoms with Crippen molar-refractivity contribution in [2.45, 2.75) is 12.9 Å². The monoisotopic (exact) mass is 511 g/mol. The van der Waals surface area contributed by atoms with Gasteiger partial charge in [0.05, 0.1) is 13.3 Å². The van der Waals surface area contributed by atoms with Gasteiger partial charge in [0, 0.05) is 17.4 Å². The van der Waals surface area contributed by atoms with Gasteiger partial charge in [0.1, 0.15) is 17.9 Å². The third kappa shape index (κ3) is 5.18. The van der Waals surface area contributed by atoms with Crippen molar-refractivity contribution < 1.29 is 40.7 Å². The number of carbonyl (C=O) groups is 1. The average molecular weight is 511 g/mol. The Labute approximate surface area is 197 Å². The fourth-order valence-electron chi connectivity index (χ4n) is 3.00. The minimum absolute atomic E-state index is 0.0188. The van der Waals surface area contributed by atoms with Crippen LogP contribution in [0, 0.1) is 5.82 Å². The molecule has 0 radical (unpaired) electrons. The van der Waals surface area contributed by atoms with Crippen LogP contribution in [0.2, 0.25) is 0 Å². The molecule has 0 fully saturated rings. The molecule has 15 heteroatoms. The lowest BCUT2D eigenvalue weighted by atomic mass is 10.2. The molecule has 4 rings (SSSR count). The van der Waals surface area contributed by atoms with Crippen molar-refractivity contribution in [1.29, 1.82) is 0 Å². The third-order valence-electron chi connectivity index (χ3n) is 4.57. The number of ether oxygens (including phenoxy) is 1. The number of aromatic nitrogens is 3. The van der Waals surface area contributed by atoms with E-state index < -0.39 is 30.4 Å². The van der Waals surface area contributed by atoms with Gasteiger partial charge in [0.15, 0.2) is 17.2 Å². The molecule has 0 spiro atoms. The van der Waals surface area contributed by atoms with Gasteiger partial charge in [-0.1, -0.05) is 4.73 Å². The number of carbonyl (C=O) groups excluding carboxylic acids is 1. The van der Waals surface area contributed by atoms with Crippen LogP contribution in [0.5, 0.6) is 5.75 Å². The summed E-state index contributed by atoms with van der Waals surface area (Å²) >= 11 is 0. The van der Waals surface area contributed by atoms with Gasteiger partial charge in [-0.05, 0) is 35.9 Å². The first-order chi connectivity index (χ1) is 17.1. The minimum atomic E-state index is -5.36. The average Bonchev–Trinajstić information content (AvgIpc) is 3.14. The molecule has 0 bridgehead atoms. The molecule has 2 N–H and O–H groups in total. The molecule has 2 aromatic carbocycles. The Kier molecular flexibility index (Phi) is 6.46. The summed E-state index contributed by atoms with van der Waals surface area (Å²) < 4.78 is 75.0. The Morgan fingerprint density at radius 2 is 1.92 bits per heavy atom. The summed E-state index contributed by atoms with van der Waals surface area (Å²) in [5.41, 5.74) is 0.167. The van der Waals surface area contributed by atoms with Gasteiger partial charge >= 0.3 is 17.9 Å². The lowest BCUT2D eigenvalue weighted by molar-refractivity contribution is -0.200. The first kappa shape index (κ1) is 24.4. The van der Waals surface area contributed by atoms with Crippen molar-refractivity contribution in [3.8, 4) is 5.75 Å². The predicted molar refractivity (Wildman–Crippen MR) is 114 cm³/mol. The molecular weight excluding hydrogens is 497 g/mol. The molecule has 0 aliphatic rings. The van der Waals surface area contributed by atoms with Crippen molar-refractivity contribution in [2.24, 2.45) is 0 Å². The SMILES string of the molecule is COc1cc(CF)cc(Nc2ncc(F)c(Nc3ccc4oc(=O)n(OC(=O)C(F)(F)F)c4c3)n2)c1. The molecule has 0 saturated carbocycles. The first-order valence-corrected chi connectivity index (χ1v) is 9.83. The van der Waals surface area contributed by atoms with Gasteiger partial charge in [-0.3, -0.25) is 0 Å². The number of hydrogen-bond acceptors (Lipinski definition) is 9. The topological polar surface area (TPSA) is 121 Å². The van der Waals surface area contributed by atoms with Gasteiger partial charge < -0.3 is 24.6 Å². The Hall–Kier alpha value is -4.69. The highest BCUT2D eigenvalue weighted by atomic mass is 19.4. The second-order valence-electron chi connectivity index (χ2n) is 7.06. The number of oxazole rings is 1. The molecule has 0 amide bonds. The number of methoxy groups -OCH3 is 1. The van der Waals surface area contributed by atoms with Crippen molar-refractivity contribution >= 4 is 40.2 Å². The maximum atomic E-state index is 14.4. The number of anilines is 4. The van der Waals surface area contributed by atoms with Crippen LogP contribution in [-0.2, 0) is 11.5 Å². The van der Waals surface area contributed by atoms with Gasteiger partial charge in [0.2, 0.25) is 5.95 Å². The molecule has 0 atom stereocenters. The van der Waals surface area contributed by atoms with Crippen LogP contribution in [0.3, 0.4) is 0 Å². The van der Waals surface area contributed by atoms with Gasteiger partial charge in [-0.2, -0.15) is 18.2 Å². The van der Waals surface area contributed by atoms with Crippen molar-refractivity contribution in [1.82, 2.24) is 14.7 Å². The summed E-state index contributed by atoms with van der Waals surface area (Å²) in [6, 6.07) is 8.06. The highest BCUT2D eigenvalue weighted by molar-refractivity contribution is 5.81. The van der Waals surface area contributed by atoms with Crippen LogP contribution in [0.1, 0.15) is 5.56 Å². The van der Waals surface area contributed by atoms with Gasteiger partial charge in [0.25, 0.3) is 0 Å². The lowest BCUT2D eigenvalue weighted by Crippen LogP contribution is -2.36. The van der Waals surface area contributed by atoms with E-state index in [1.165, 1.54) is 37.4 Å². The third-order valence-corrected chi connectivity index (χ3v) is 4.57. The van der Waals surface area contributed by atoms with E-state index in [2.05, 4.69) is 25.4 Å². The van der Waals surface area contributed by atoms with E-state index in [1.807, 2.05) is 0 Å². The number of rotatable bonds is 7. The minimum Gasteiger partial charge on any atom is -0.497 e. The van der Waals surface area contributed by atoms with E-state index >= 15 is 0 Å². The van der Waals surface area contributed by atoms with Crippen LogP contribution in [0.4, 0.5) is 45.1 Å². The molecule has 0 unspecified atom stereocenters. The predicted octanol–water partition coefficient (Wildman–Crippen LogP) is 4.01. The van der Waals surface area contributed by atoms with Gasteiger partial charge in [-0.15, -0.1) is 0 Å². The molecule has 2 heterocycles. The largest absolute Gasteiger partial charge is 0.497 e. The molecule has 0 saturated heterocycles. The standard InChI is InChI=1S/C21H14F5N5O5/c1-34-13-5-10(8-22)4-12(6-13)29-19-27-9-14(23)17(30-19)28-11-2-3-16-15(7-11)31(20(33)35-16)36-18(32)21(24,25)26/h2-7,9H,8H2,1H3,(H2,27,28,29,30). The number of fused-ring (bicyclic) bond motifs is 1. The second-order valence-corrected chi connectivity index (χ2v) is 7.06.